The molecule has 1 saturated heterocycles. The van der Waals surface area contributed by atoms with Crippen molar-refractivity contribution in [2.24, 2.45) is 0 Å². The van der Waals surface area contributed by atoms with Gasteiger partial charge in [-0.1, -0.05) is 17.2 Å². The lowest BCUT2D eigenvalue weighted by molar-refractivity contribution is 0.0746. The Morgan fingerprint density at radius 3 is 2.03 bits per heavy atom. The summed E-state index contributed by atoms with van der Waals surface area (Å²) in [6.07, 6.45) is 0. The van der Waals surface area contributed by atoms with E-state index in [4.69, 9.17) is 17.0 Å². The topological polar surface area (TPSA) is 73.9 Å². The highest BCUT2D eigenvalue weighted by atomic mass is 32.1. The van der Waals surface area contributed by atoms with Crippen LogP contribution >= 0.6 is 12.2 Å². The second-order valence-electron chi connectivity index (χ2n) is 8.84. The summed E-state index contributed by atoms with van der Waals surface area (Å²) in [4.78, 5) is 29.5. The predicted molar refractivity (Wildman–Crippen MR) is 147 cm³/mol. The Labute approximate surface area is 217 Å². The van der Waals surface area contributed by atoms with Crippen molar-refractivity contribution in [3.63, 3.8) is 0 Å². The van der Waals surface area contributed by atoms with E-state index in [2.05, 4.69) is 15.5 Å². The first-order valence-electron chi connectivity index (χ1n) is 11.8. The summed E-state index contributed by atoms with van der Waals surface area (Å²) in [6, 6.07) is 20.8. The van der Waals surface area contributed by atoms with Crippen molar-refractivity contribution in [3.05, 3.63) is 89.0 Å². The first kappa shape index (κ1) is 25.2. The number of nitrogens with zero attached hydrogens (tertiary/aromatic N) is 2. The summed E-state index contributed by atoms with van der Waals surface area (Å²) >= 11 is 5.33. The maximum absolute atomic E-state index is 12.8. The summed E-state index contributed by atoms with van der Waals surface area (Å²) in [5, 5.41) is 6.06. The molecule has 0 bridgehead atoms. The number of ether oxygens (including phenoxy) is 1. The van der Waals surface area contributed by atoms with Crippen LogP contribution in [0.3, 0.4) is 0 Å². The SMILES string of the molecule is COc1ccc(C(=O)N2CCN(c3ccc(NC(=S)NC(=O)c4cc(C)cc(C)c4)cc3)CC2)cc1. The van der Waals surface area contributed by atoms with E-state index in [-0.39, 0.29) is 16.9 Å². The molecule has 0 atom stereocenters. The van der Waals surface area contributed by atoms with Gasteiger partial charge in [-0.25, -0.2) is 0 Å². The lowest BCUT2D eigenvalue weighted by Gasteiger charge is -2.36. The second-order valence-corrected chi connectivity index (χ2v) is 9.25. The van der Waals surface area contributed by atoms with Gasteiger partial charge in [0, 0.05) is 48.7 Å². The maximum Gasteiger partial charge on any atom is 0.257 e. The van der Waals surface area contributed by atoms with Crippen LogP contribution in [0.1, 0.15) is 31.8 Å². The van der Waals surface area contributed by atoms with Gasteiger partial charge in [-0.05, 0) is 86.7 Å². The van der Waals surface area contributed by atoms with E-state index in [1.807, 2.05) is 61.2 Å². The lowest BCUT2D eigenvalue weighted by Crippen LogP contribution is -2.48. The highest BCUT2D eigenvalue weighted by Gasteiger charge is 2.22. The molecule has 3 aromatic carbocycles. The number of carbonyl (C=O) groups excluding carboxylic acids is 2. The van der Waals surface area contributed by atoms with Crippen LogP contribution in [0.25, 0.3) is 0 Å². The van der Waals surface area contributed by atoms with Gasteiger partial charge < -0.3 is 19.9 Å². The van der Waals surface area contributed by atoms with E-state index in [9.17, 15) is 9.59 Å². The van der Waals surface area contributed by atoms with E-state index in [1.165, 1.54) is 0 Å². The number of carbonyl (C=O) groups is 2. The van der Waals surface area contributed by atoms with Gasteiger partial charge in [-0.15, -0.1) is 0 Å². The van der Waals surface area contributed by atoms with Crippen molar-refractivity contribution in [1.82, 2.24) is 10.2 Å². The molecule has 1 heterocycles. The molecule has 8 heteroatoms. The maximum atomic E-state index is 12.8. The van der Waals surface area contributed by atoms with Gasteiger partial charge in [0.15, 0.2) is 5.11 Å². The molecule has 7 nitrogen and oxygen atoms in total. The molecule has 0 saturated carbocycles. The average Bonchev–Trinajstić information content (AvgIpc) is 2.88. The normalized spacial score (nSPS) is 13.2. The molecule has 3 aromatic rings. The predicted octanol–water partition coefficient (Wildman–Crippen LogP) is 4.40. The molecule has 0 aliphatic carbocycles. The van der Waals surface area contributed by atoms with Gasteiger partial charge in [0.1, 0.15) is 5.75 Å². The number of thiocarbonyl (C=S) groups is 1. The number of anilines is 2. The highest BCUT2D eigenvalue weighted by molar-refractivity contribution is 7.80. The van der Waals surface area contributed by atoms with Crippen molar-refractivity contribution < 1.29 is 14.3 Å². The Morgan fingerprint density at radius 2 is 1.44 bits per heavy atom. The molecule has 1 fully saturated rings. The number of nitrogens with one attached hydrogen (secondary N) is 2. The minimum Gasteiger partial charge on any atom is -0.497 e. The summed E-state index contributed by atoms with van der Waals surface area (Å²) in [5.41, 5.74) is 5.16. The molecular formula is C28H30N4O3S. The molecule has 36 heavy (non-hydrogen) atoms. The summed E-state index contributed by atoms with van der Waals surface area (Å²) in [7, 11) is 1.61. The van der Waals surface area contributed by atoms with Crippen LogP contribution in [-0.2, 0) is 0 Å². The Morgan fingerprint density at radius 1 is 0.833 bits per heavy atom. The molecule has 4 rings (SSSR count). The largest absolute Gasteiger partial charge is 0.497 e. The van der Waals surface area contributed by atoms with Crippen molar-refractivity contribution in [2.45, 2.75) is 13.8 Å². The molecular weight excluding hydrogens is 472 g/mol. The number of piperazine rings is 1. The van der Waals surface area contributed by atoms with Crippen LogP contribution in [0.4, 0.5) is 11.4 Å². The van der Waals surface area contributed by atoms with Crippen molar-refractivity contribution in [2.75, 3.05) is 43.5 Å². The molecule has 0 aromatic heterocycles. The van der Waals surface area contributed by atoms with E-state index in [0.717, 1.165) is 41.3 Å². The number of methoxy groups -OCH3 is 1. The third-order valence-electron chi connectivity index (χ3n) is 6.11. The standard InChI is InChI=1S/C28H30N4O3S/c1-19-16-20(2)18-22(17-19)26(33)30-28(36)29-23-6-8-24(9-7-23)31-12-14-32(15-13-31)27(34)21-4-10-25(35-3)11-5-21/h4-11,16-18H,12-15H2,1-3H3,(H2,29,30,33,36). The monoisotopic (exact) mass is 502 g/mol. The van der Waals surface area contributed by atoms with Crippen LogP contribution in [0.5, 0.6) is 5.75 Å². The number of hydrogen-bond donors (Lipinski definition) is 2. The molecule has 0 unspecified atom stereocenters. The van der Waals surface area contributed by atoms with Crippen molar-refractivity contribution in [1.29, 1.82) is 0 Å². The zero-order valence-corrected chi connectivity index (χ0v) is 21.5. The van der Waals surface area contributed by atoms with Gasteiger partial charge in [0.05, 0.1) is 7.11 Å². The van der Waals surface area contributed by atoms with E-state index < -0.39 is 0 Å². The number of aryl methyl sites for hydroxylation is 2. The average molecular weight is 503 g/mol. The molecule has 1 aliphatic rings. The van der Waals surface area contributed by atoms with Gasteiger partial charge in [0.2, 0.25) is 0 Å². The van der Waals surface area contributed by atoms with E-state index in [0.29, 0.717) is 24.2 Å². The van der Waals surface area contributed by atoms with Gasteiger partial charge in [-0.2, -0.15) is 0 Å². The second kappa shape index (κ2) is 11.2. The van der Waals surface area contributed by atoms with Crippen molar-refractivity contribution in [3.8, 4) is 5.75 Å². The number of hydrogen-bond acceptors (Lipinski definition) is 5. The first-order valence-corrected chi connectivity index (χ1v) is 12.2. The van der Waals surface area contributed by atoms with Crippen LogP contribution in [0.15, 0.2) is 66.7 Å². The van der Waals surface area contributed by atoms with Crippen LogP contribution < -0.4 is 20.3 Å². The third-order valence-corrected chi connectivity index (χ3v) is 6.31. The number of benzene rings is 3. The highest BCUT2D eigenvalue weighted by Crippen LogP contribution is 2.21. The van der Waals surface area contributed by atoms with Gasteiger partial charge >= 0.3 is 0 Å². The smallest absolute Gasteiger partial charge is 0.257 e. The van der Waals surface area contributed by atoms with E-state index >= 15 is 0 Å². The number of amides is 2. The Bertz CT molecular complexity index is 1230. The van der Waals surface area contributed by atoms with E-state index in [1.54, 1.807) is 31.4 Å². The molecule has 1 aliphatic heterocycles. The third kappa shape index (κ3) is 6.20. The summed E-state index contributed by atoms with van der Waals surface area (Å²) in [6.45, 7) is 6.72. The first-order chi connectivity index (χ1) is 17.3. The fraction of sp³-hybridized carbons (Fsp3) is 0.250. The quantitative estimate of drug-likeness (QED) is 0.504. The molecule has 0 spiro atoms. The summed E-state index contributed by atoms with van der Waals surface area (Å²) < 4.78 is 5.17. The minimum atomic E-state index is -0.238. The summed E-state index contributed by atoms with van der Waals surface area (Å²) in [5.74, 6) is 0.532. The zero-order chi connectivity index (χ0) is 25.7. The van der Waals surface area contributed by atoms with Crippen LogP contribution in [0, 0.1) is 13.8 Å². The Kier molecular flexibility index (Phi) is 7.85. The fourth-order valence-corrected chi connectivity index (χ4v) is 4.49. The zero-order valence-electron chi connectivity index (χ0n) is 20.7. The Balaban J connectivity index is 1.28. The molecule has 2 N–H and O–H groups in total. The van der Waals surface area contributed by atoms with Gasteiger partial charge in [0.25, 0.3) is 11.8 Å². The fourth-order valence-electron chi connectivity index (χ4n) is 4.28. The number of rotatable bonds is 5. The minimum absolute atomic E-state index is 0.0354. The molecule has 0 radical (unpaired) electrons. The lowest BCUT2D eigenvalue weighted by atomic mass is 10.1. The molecule has 2 amide bonds. The van der Waals surface area contributed by atoms with Crippen LogP contribution in [-0.4, -0.2) is 55.1 Å². The Hall–Kier alpha value is -3.91. The van der Waals surface area contributed by atoms with Crippen molar-refractivity contribution >= 4 is 40.5 Å². The van der Waals surface area contributed by atoms with Crippen LogP contribution in [0.2, 0.25) is 0 Å². The molecule has 186 valence electrons. The van der Waals surface area contributed by atoms with Gasteiger partial charge in [-0.3, -0.25) is 14.9 Å².